The molecule has 0 radical (unpaired) electrons. The van der Waals surface area contributed by atoms with Gasteiger partial charge in [-0.2, -0.15) is 4.31 Å². The molecule has 7 nitrogen and oxygen atoms in total. The lowest BCUT2D eigenvalue weighted by Crippen LogP contribution is -2.49. The van der Waals surface area contributed by atoms with E-state index in [0.29, 0.717) is 25.4 Å². The molecule has 2 heterocycles. The molecule has 1 saturated carbocycles. The van der Waals surface area contributed by atoms with Crippen LogP contribution in [0.1, 0.15) is 66.2 Å². The van der Waals surface area contributed by atoms with Crippen molar-refractivity contribution in [1.82, 2.24) is 14.2 Å². The maximum absolute atomic E-state index is 13.0. The van der Waals surface area contributed by atoms with Crippen LogP contribution in [0.15, 0.2) is 23.2 Å². The minimum absolute atomic E-state index is 0.121. The molecule has 8 heteroatoms. The summed E-state index contributed by atoms with van der Waals surface area (Å²) in [6, 6.07) is 3.19. The number of aromatic nitrogens is 1. The molecule has 0 bridgehead atoms. The Bertz CT molecular complexity index is 817. The van der Waals surface area contributed by atoms with E-state index < -0.39 is 10.0 Å². The molecule has 0 aromatic carbocycles. The summed E-state index contributed by atoms with van der Waals surface area (Å²) in [7, 11) is -3.58. The molecule has 0 unspecified atom stereocenters. The third-order valence-electron chi connectivity index (χ3n) is 6.46. The molecule has 1 aromatic heterocycles. The Balaban J connectivity index is 1.58. The van der Waals surface area contributed by atoms with Gasteiger partial charge in [0, 0.05) is 50.9 Å². The smallest absolute Gasteiger partial charge is 0.245 e. The summed E-state index contributed by atoms with van der Waals surface area (Å²) in [6.45, 7) is 10.4. The van der Waals surface area contributed by atoms with Crippen molar-refractivity contribution in [2.24, 2.45) is 5.92 Å². The summed E-state index contributed by atoms with van der Waals surface area (Å²) in [5.41, 5.74) is 0. The van der Waals surface area contributed by atoms with Crippen molar-refractivity contribution < 1.29 is 13.2 Å². The lowest BCUT2D eigenvalue weighted by Gasteiger charge is -2.36. The van der Waals surface area contributed by atoms with Crippen LogP contribution in [-0.4, -0.2) is 66.8 Å². The number of rotatable bonds is 7. The summed E-state index contributed by atoms with van der Waals surface area (Å²) >= 11 is 0. The maximum atomic E-state index is 13.0. The molecule has 1 aliphatic heterocycles. The monoisotopic (exact) mass is 450 g/mol. The average Bonchev–Trinajstić information content (AvgIpc) is 2.74. The standard InChI is InChI=1S/C23H38N4O3S/c1-18(2)27(19(3)4)31(29,30)21-10-11-22(24-17-21)25-12-14-26(15-13-25)23(28)16-20-8-6-5-7-9-20/h10-11,17-20H,5-9,12-16H2,1-4H3. The van der Waals surface area contributed by atoms with Gasteiger partial charge in [0.25, 0.3) is 0 Å². The van der Waals surface area contributed by atoms with Crippen LogP contribution >= 0.6 is 0 Å². The molecule has 174 valence electrons. The van der Waals surface area contributed by atoms with Gasteiger partial charge in [0.1, 0.15) is 10.7 Å². The molecule has 1 amide bonds. The largest absolute Gasteiger partial charge is 0.353 e. The predicted molar refractivity (Wildman–Crippen MR) is 124 cm³/mol. The highest BCUT2D eigenvalue weighted by Crippen LogP contribution is 2.27. The molecule has 1 aromatic rings. The van der Waals surface area contributed by atoms with Gasteiger partial charge in [0.2, 0.25) is 15.9 Å². The highest BCUT2D eigenvalue weighted by Gasteiger charge is 2.30. The van der Waals surface area contributed by atoms with Crippen molar-refractivity contribution >= 4 is 21.7 Å². The average molecular weight is 451 g/mol. The quantitative estimate of drug-likeness (QED) is 0.636. The van der Waals surface area contributed by atoms with Crippen molar-refractivity contribution in [2.45, 2.75) is 83.2 Å². The molecular weight excluding hydrogens is 412 g/mol. The van der Waals surface area contributed by atoms with Gasteiger partial charge < -0.3 is 9.80 Å². The fourth-order valence-electron chi connectivity index (χ4n) is 4.94. The number of hydrogen-bond donors (Lipinski definition) is 0. The van der Waals surface area contributed by atoms with Gasteiger partial charge in [0.05, 0.1) is 0 Å². The summed E-state index contributed by atoms with van der Waals surface area (Å²) in [5, 5.41) is 0. The molecular formula is C23H38N4O3S. The first-order valence-corrected chi connectivity index (χ1v) is 13.2. The fourth-order valence-corrected chi connectivity index (χ4v) is 6.72. The van der Waals surface area contributed by atoms with E-state index in [4.69, 9.17) is 0 Å². The molecule has 3 rings (SSSR count). The van der Waals surface area contributed by atoms with Crippen LogP contribution in [-0.2, 0) is 14.8 Å². The number of nitrogens with zero attached hydrogens (tertiary/aromatic N) is 4. The Kier molecular flexibility index (Phi) is 7.97. The topological polar surface area (TPSA) is 73.8 Å². The van der Waals surface area contributed by atoms with Crippen LogP contribution < -0.4 is 4.90 Å². The van der Waals surface area contributed by atoms with Gasteiger partial charge in [0.15, 0.2) is 0 Å². The van der Waals surface area contributed by atoms with Crippen molar-refractivity contribution in [3.8, 4) is 0 Å². The SMILES string of the molecule is CC(C)N(C(C)C)S(=O)(=O)c1ccc(N2CCN(C(=O)CC3CCCCC3)CC2)nc1. The Morgan fingerprint density at radius 3 is 2.16 bits per heavy atom. The lowest BCUT2D eigenvalue weighted by atomic mass is 9.86. The second-order valence-electron chi connectivity index (χ2n) is 9.45. The van der Waals surface area contributed by atoms with Gasteiger partial charge in [-0.3, -0.25) is 4.79 Å². The number of hydrogen-bond acceptors (Lipinski definition) is 5. The summed E-state index contributed by atoms with van der Waals surface area (Å²) in [6.07, 6.45) is 8.36. The highest BCUT2D eigenvalue weighted by atomic mass is 32.2. The minimum Gasteiger partial charge on any atom is -0.353 e. The number of amides is 1. The molecule has 2 aliphatic rings. The third-order valence-corrected chi connectivity index (χ3v) is 8.69. The first-order chi connectivity index (χ1) is 14.7. The van der Waals surface area contributed by atoms with Crippen LogP contribution in [0.3, 0.4) is 0 Å². The highest BCUT2D eigenvalue weighted by molar-refractivity contribution is 7.89. The minimum atomic E-state index is -3.58. The van der Waals surface area contributed by atoms with E-state index in [9.17, 15) is 13.2 Å². The first kappa shape index (κ1) is 24.0. The van der Waals surface area contributed by atoms with Crippen LogP contribution in [0, 0.1) is 5.92 Å². The van der Waals surface area contributed by atoms with Gasteiger partial charge >= 0.3 is 0 Å². The third kappa shape index (κ3) is 5.77. The van der Waals surface area contributed by atoms with E-state index in [-0.39, 0.29) is 22.9 Å². The Hall–Kier alpha value is -1.67. The van der Waals surface area contributed by atoms with Crippen molar-refractivity contribution in [3.05, 3.63) is 18.3 Å². The van der Waals surface area contributed by atoms with Crippen LogP contribution in [0.2, 0.25) is 0 Å². The Morgan fingerprint density at radius 1 is 1.03 bits per heavy atom. The van der Waals surface area contributed by atoms with Crippen molar-refractivity contribution in [3.63, 3.8) is 0 Å². The van der Waals surface area contributed by atoms with Gasteiger partial charge in [-0.15, -0.1) is 0 Å². The van der Waals surface area contributed by atoms with Gasteiger partial charge in [-0.1, -0.05) is 19.3 Å². The fraction of sp³-hybridized carbons (Fsp3) is 0.739. The second-order valence-corrected chi connectivity index (χ2v) is 11.3. The molecule has 0 spiro atoms. The van der Waals surface area contributed by atoms with E-state index in [2.05, 4.69) is 9.88 Å². The number of piperazine rings is 1. The number of carbonyl (C=O) groups excluding carboxylic acids is 1. The van der Waals surface area contributed by atoms with Crippen LogP contribution in [0.5, 0.6) is 0 Å². The summed E-state index contributed by atoms with van der Waals surface area (Å²) in [5.74, 6) is 1.61. The van der Waals surface area contributed by atoms with Crippen LogP contribution in [0.4, 0.5) is 5.82 Å². The van der Waals surface area contributed by atoms with E-state index >= 15 is 0 Å². The Morgan fingerprint density at radius 2 is 1.65 bits per heavy atom. The number of pyridine rings is 1. The zero-order valence-electron chi connectivity index (χ0n) is 19.5. The summed E-state index contributed by atoms with van der Waals surface area (Å²) < 4.78 is 27.5. The maximum Gasteiger partial charge on any atom is 0.245 e. The second kappa shape index (κ2) is 10.3. The van der Waals surface area contributed by atoms with E-state index in [1.54, 1.807) is 12.1 Å². The van der Waals surface area contributed by atoms with Gasteiger partial charge in [-0.25, -0.2) is 13.4 Å². The van der Waals surface area contributed by atoms with E-state index in [1.807, 2.05) is 32.6 Å². The van der Waals surface area contributed by atoms with Crippen LogP contribution in [0.25, 0.3) is 0 Å². The summed E-state index contributed by atoms with van der Waals surface area (Å²) in [4.78, 5) is 21.4. The molecule has 2 fully saturated rings. The number of sulfonamides is 1. The first-order valence-electron chi connectivity index (χ1n) is 11.7. The molecule has 0 atom stereocenters. The molecule has 1 aliphatic carbocycles. The normalized spacial score (nSPS) is 18.9. The van der Waals surface area contributed by atoms with E-state index in [1.165, 1.54) is 42.6 Å². The number of carbonyl (C=O) groups is 1. The Labute approximate surface area is 187 Å². The van der Waals surface area contributed by atoms with Crippen molar-refractivity contribution in [1.29, 1.82) is 0 Å². The predicted octanol–water partition coefficient (Wildman–Crippen LogP) is 3.51. The van der Waals surface area contributed by atoms with E-state index in [0.717, 1.165) is 18.9 Å². The molecule has 31 heavy (non-hydrogen) atoms. The molecule has 0 N–H and O–H groups in total. The van der Waals surface area contributed by atoms with Gasteiger partial charge in [-0.05, 0) is 58.6 Å². The zero-order chi connectivity index (χ0) is 22.6. The zero-order valence-corrected chi connectivity index (χ0v) is 20.3. The lowest BCUT2D eigenvalue weighted by molar-refractivity contribution is -0.132. The number of anilines is 1. The van der Waals surface area contributed by atoms with Crippen molar-refractivity contribution in [2.75, 3.05) is 31.1 Å². The molecule has 1 saturated heterocycles.